The molecule has 0 aliphatic rings. The zero-order valence-corrected chi connectivity index (χ0v) is 21.7. The van der Waals surface area contributed by atoms with E-state index in [9.17, 15) is 4.79 Å². The highest BCUT2D eigenvalue weighted by Crippen LogP contribution is 2.20. The highest BCUT2D eigenvalue weighted by Gasteiger charge is 2.15. The van der Waals surface area contributed by atoms with E-state index in [1.54, 1.807) is 7.11 Å². The second-order valence-corrected chi connectivity index (χ2v) is 8.88. The van der Waals surface area contributed by atoms with E-state index in [0.717, 1.165) is 40.1 Å². The van der Waals surface area contributed by atoms with Gasteiger partial charge in [0, 0.05) is 23.3 Å². The van der Waals surface area contributed by atoms with Crippen LogP contribution in [0.1, 0.15) is 30.5 Å². The van der Waals surface area contributed by atoms with E-state index in [-0.39, 0.29) is 5.56 Å². The number of hydrogen-bond acceptors (Lipinski definition) is 4. The molecule has 0 saturated carbocycles. The van der Waals surface area contributed by atoms with Gasteiger partial charge in [0.1, 0.15) is 11.5 Å². The molecular formula is C29H31N3O3S. The number of aromatic nitrogens is 1. The first-order valence-electron chi connectivity index (χ1n) is 12.1. The van der Waals surface area contributed by atoms with Crippen molar-refractivity contribution in [3.05, 3.63) is 99.8 Å². The summed E-state index contributed by atoms with van der Waals surface area (Å²) in [7, 11) is 1.65. The van der Waals surface area contributed by atoms with E-state index in [1.165, 1.54) is 5.56 Å². The third-order valence-corrected chi connectivity index (χ3v) is 6.35. The number of aromatic amines is 1. The number of H-pyrrole nitrogens is 1. The van der Waals surface area contributed by atoms with Crippen molar-refractivity contribution < 1.29 is 9.47 Å². The number of nitrogens with zero attached hydrogens (tertiary/aromatic N) is 1. The summed E-state index contributed by atoms with van der Waals surface area (Å²) in [6, 6.07) is 23.6. The minimum atomic E-state index is -0.115. The van der Waals surface area contributed by atoms with Crippen molar-refractivity contribution in [2.75, 3.05) is 19.0 Å². The minimum absolute atomic E-state index is 0.115. The van der Waals surface area contributed by atoms with Crippen LogP contribution in [-0.4, -0.2) is 28.7 Å². The zero-order chi connectivity index (χ0) is 25.5. The number of thiocarbonyl (C=S) groups is 1. The van der Waals surface area contributed by atoms with Gasteiger partial charge < -0.3 is 24.7 Å². The minimum Gasteiger partial charge on any atom is -0.497 e. The fourth-order valence-electron chi connectivity index (χ4n) is 4.00. The normalized spacial score (nSPS) is 10.8. The average molecular weight is 502 g/mol. The van der Waals surface area contributed by atoms with E-state index in [4.69, 9.17) is 21.7 Å². The molecule has 0 fully saturated rings. The Kier molecular flexibility index (Phi) is 8.23. The lowest BCUT2D eigenvalue weighted by Gasteiger charge is -2.26. The number of pyridine rings is 1. The highest BCUT2D eigenvalue weighted by molar-refractivity contribution is 7.80. The Morgan fingerprint density at radius 3 is 2.28 bits per heavy atom. The number of rotatable bonds is 9. The van der Waals surface area contributed by atoms with Crippen LogP contribution in [0.25, 0.3) is 10.9 Å². The van der Waals surface area contributed by atoms with E-state index < -0.39 is 0 Å². The van der Waals surface area contributed by atoms with Gasteiger partial charge in [-0.2, -0.15) is 0 Å². The topological polar surface area (TPSA) is 66.6 Å². The fourth-order valence-corrected chi connectivity index (χ4v) is 4.25. The fraction of sp³-hybridized carbons (Fsp3) is 0.241. The van der Waals surface area contributed by atoms with Crippen molar-refractivity contribution in [2.45, 2.75) is 33.4 Å². The van der Waals surface area contributed by atoms with Crippen LogP contribution in [0, 0.1) is 0 Å². The molecule has 2 N–H and O–H groups in total. The quantitative estimate of drug-likeness (QED) is 0.279. The summed E-state index contributed by atoms with van der Waals surface area (Å²) < 4.78 is 10.8. The molecule has 1 aromatic heterocycles. The van der Waals surface area contributed by atoms with E-state index in [1.807, 2.05) is 78.6 Å². The van der Waals surface area contributed by atoms with Gasteiger partial charge in [-0.3, -0.25) is 4.79 Å². The maximum absolute atomic E-state index is 13.0. The number of methoxy groups -OCH3 is 1. The molecule has 0 bridgehead atoms. The number of benzene rings is 3. The van der Waals surface area contributed by atoms with Crippen LogP contribution in [0.4, 0.5) is 5.69 Å². The summed E-state index contributed by atoms with van der Waals surface area (Å²) >= 11 is 5.81. The van der Waals surface area contributed by atoms with E-state index in [2.05, 4.69) is 23.3 Å². The molecule has 1 heterocycles. The lowest BCUT2D eigenvalue weighted by Crippen LogP contribution is -2.35. The van der Waals surface area contributed by atoms with Gasteiger partial charge in [0.15, 0.2) is 5.11 Å². The largest absolute Gasteiger partial charge is 0.497 e. The third-order valence-electron chi connectivity index (χ3n) is 5.99. The molecule has 4 rings (SSSR count). The molecule has 0 unspecified atom stereocenters. The van der Waals surface area contributed by atoms with Crippen LogP contribution in [-0.2, 0) is 19.5 Å². The molecule has 186 valence electrons. The van der Waals surface area contributed by atoms with Crippen molar-refractivity contribution in [2.24, 2.45) is 0 Å². The van der Waals surface area contributed by atoms with Crippen molar-refractivity contribution in [1.82, 2.24) is 9.88 Å². The number of fused-ring (bicyclic) bond motifs is 1. The number of ether oxygens (including phenoxy) is 2. The number of hydrogen-bond donors (Lipinski definition) is 2. The predicted molar refractivity (Wildman–Crippen MR) is 150 cm³/mol. The van der Waals surface area contributed by atoms with E-state index >= 15 is 0 Å². The summed E-state index contributed by atoms with van der Waals surface area (Å²) in [4.78, 5) is 18.0. The first kappa shape index (κ1) is 25.3. The van der Waals surface area contributed by atoms with Gasteiger partial charge in [-0.1, -0.05) is 25.1 Å². The van der Waals surface area contributed by atoms with Crippen LogP contribution >= 0.6 is 12.2 Å². The van der Waals surface area contributed by atoms with Crippen molar-refractivity contribution in [3.8, 4) is 11.5 Å². The Labute approximate surface area is 216 Å². The van der Waals surface area contributed by atoms with E-state index in [0.29, 0.717) is 30.4 Å². The lowest BCUT2D eigenvalue weighted by atomic mass is 10.1. The Morgan fingerprint density at radius 2 is 1.61 bits per heavy atom. The summed E-state index contributed by atoms with van der Waals surface area (Å²) in [5.41, 5.74) is 4.50. The van der Waals surface area contributed by atoms with Gasteiger partial charge in [-0.25, -0.2) is 0 Å². The molecular weight excluding hydrogens is 470 g/mol. The molecule has 0 radical (unpaired) electrons. The highest BCUT2D eigenvalue weighted by atomic mass is 32.1. The predicted octanol–water partition coefficient (Wildman–Crippen LogP) is 5.90. The lowest BCUT2D eigenvalue weighted by molar-refractivity contribution is 0.340. The van der Waals surface area contributed by atoms with Crippen LogP contribution < -0.4 is 20.3 Å². The smallest absolute Gasteiger partial charge is 0.253 e. The maximum Gasteiger partial charge on any atom is 0.253 e. The second-order valence-electron chi connectivity index (χ2n) is 8.49. The molecule has 0 aliphatic carbocycles. The second kappa shape index (κ2) is 11.7. The number of anilines is 1. The SMILES string of the molecule is CCOc1ccc(NC(=S)N(Cc2ccc(OC)cc2)Cc2cc3cc(CC)ccc3[nH]c2=O)cc1. The number of nitrogens with one attached hydrogen (secondary N) is 2. The summed E-state index contributed by atoms with van der Waals surface area (Å²) in [6.45, 7) is 5.57. The van der Waals surface area contributed by atoms with Crippen molar-refractivity contribution in [3.63, 3.8) is 0 Å². The van der Waals surface area contributed by atoms with Crippen LogP contribution in [0.2, 0.25) is 0 Å². The molecule has 0 saturated heterocycles. The molecule has 0 aliphatic heterocycles. The Morgan fingerprint density at radius 1 is 0.917 bits per heavy atom. The standard InChI is InChI=1S/C29H31N3O3S/c1-4-20-8-15-27-22(16-20)17-23(28(33)31-27)19-32(18-21-6-11-25(34-3)12-7-21)29(36)30-24-9-13-26(14-10-24)35-5-2/h6-17H,4-5,18-19H2,1-3H3,(H,30,36)(H,31,33). The van der Waals surface area contributed by atoms with Gasteiger partial charge in [0.25, 0.3) is 5.56 Å². The molecule has 4 aromatic rings. The Hall–Kier alpha value is -3.84. The molecule has 0 amide bonds. The molecule has 3 aromatic carbocycles. The van der Waals surface area contributed by atoms with Crippen LogP contribution in [0.5, 0.6) is 11.5 Å². The summed E-state index contributed by atoms with van der Waals surface area (Å²) in [5, 5.41) is 4.85. The molecule has 36 heavy (non-hydrogen) atoms. The monoisotopic (exact) mass is 501 g/mol. The number of aryl methyl sites for hydroxylation is 1. The molecule has 6 nitrogen and oxygen atoms in total. The van der Waals surface area contributed by atoms with Gasteiger partial charge in [-0.05, 0) is 96.7 Å². The van der Waals surface area contributed by atoms with Crippen molar-refractivity contribution in [1.29, 1.82) is 0 Å². The van der Waals surface area contributed by atoms with Gasteiger partial charge in [0.05, 0.1) is 20.3 Å². The van der Waals surface area contributed by atoms with Crippen LogP contribution in [0.15, 0.2) is 77.6 Å². The first-order valence-corrected chi connectivity index (χ1v) is 12.5. The Bertz CT molecular complexity index is 1380. The summed E-state index contributed by atoms with van der Waals surface area (Å²) in [5.74, 6) is 1.59. The summed E-state index contributed by atoms with van der Waals surface area (Å²) in [6.07, 6.45) is 0.935. The van der Waals surface area contributed by atoms with Gasteiger partial charge >= 0.3 is 0 Å². The van der Waals surface area contributed by atoms with Crippen LogP contribution in [0.3, 0.4) is 0 Å². The zero-order valence-electron chi connectivity index (χ0n) is 20.8. The molecule has 0 spiro atoms. The Balaban J connectivity index is 1.62. The van der Waals surface area contributed by atoms with Gasteiger partial charge in [0.2, 0.25) is 0 Å². The average Bonchev–Trinajstić information content (AvgIpc) is 2.90. The molecule has 7 heteroatoms. The molecule has 0 atom stereocenters. The van der Waals surface area contributed by atoms with Gasteiger partial charge in [-0.15, -0.1) is 0 Å². The first-order chi connectivity index (χ1) is 17.5. The maximum atomic E-state index is 13.0. The van der Waals surface area contributed by atoms with Crippen molar-refractivity contribution >= 4 is 33.9 Å². The third kappa shape index (κ3) is 6.23.